The molecule has 0 atom stereocenters. The average molecular weight is 1450 g/mol. The van der Waals surface area contributed by atoms with Gasteiger partial charge in [-0.2, -0.15) is 0 Å². The molecule has 0 aliphatic rings. The number of alkyl halides is 4. The molecule has 9 rings (SSSR count). The van der Waals surface area contributed by atoms with Gasteiger partial charge in [-0.05, 0) is 125 Å². The topological polar surface area (TPSA) is 46.2 Å². The first kappa shape index (κ1) is 68.5. The van der Waals surface area contributed by atoms with Crippen LogP contribution < -0.4 is 109 Å². The summed E-state index contributed by atoms with van der Waals surface area (Å²) in [5.41, 5.74) is 3.69. The van der Waals surface area contributed by atoms with Crippen molar-refractivity contribution in [3.63, 3.8) is 0 Å². The molecule has 9 aromatic carbocycles. The Morgan fingerprint density at radius 2 is 0.782 bits per heavy atom. The third kappa shape index (κ3) is 21.3. The molecule has 0 amide bonds. The Hall–Kier alpha value is -3.82. The van der Waals surface area contributed by atoms with Gasteiger partial charge < -0.3 is 47.7 Å². The van der Waals surface area contributed by atoms with Crippen molar-refractivity contribution in [2.45, 2.75) is 16.5 Å². The Morgan fingerprint density at radius 3 is 1.18 bits per heavy atom. The first-order valence-electron chi connectivity index (χ1n) is 24.4. The standard InChI is InChI=1S/C28H27FO2P.C20H18FOP.C8H9ClO.C8H9IO.2HI.Na/c1-30-24-17-15-23(16-18-24)22-32(26-10-4-2-5-11-26,27-12-6-3-7-13-27)28-14-8-9-25(21-28)31-20-19-29;21-14-15-22-17-8-7-13-20(16-17)23(18-9-3-1-4-10-18)19-11-5-2-6-12-19;2*1-10-8-4-2-7(6-9)3-5-8;;;/h2-18,21H,19-20,22H2,1H3;1-13,16H,14-15H2;2*2-5H,6H2,1H3;2*1H;/q+1;;;;;;+1/p-1. The van der Waals surface area contributed by atoms with Crippen molar-refractivity contribution in [3.8, 4) is 28.7 Å². The van der Waals surface area contributed by atoms with Crippen molar-refractivity contribution >= 4 is 105 Å². The Morgan fingerprint density at radius 1 is 0.423 bits per heavy atom. The number of benzene rings is 9. The van der Waals surface area contributed by atoms with E-state index < -0.39 is 28.5 Å². The minimum Gasteiger partial charge on any atom is -1.00 e. The number of halogens is 6. The van der Waals surface area contributed by atoms with Crippen LogP contribution in [0.2, 0.25) is 0 Å². The fraction of sp³-hybridized carbons (Fsp3) is 0.156. The second-order valence-electron chi connectivity index (χ2n) is 16.5. The number of methoxy groups -OCH3 is 3. The zero-order chi connectivity index (χ0) is 52.9. The third-order valence-electron chi connectivity index (χ3n) is 11.7. The van der Waals surface area contributed by atoms with Crippen LogP contribution in [-0.4, -0.2) is 47.9 Å². The summed E-state index contributed by atoms with van der Waals surface area (Å²) in [6.07, 6.45) is 0.859. The van der Waals surface area contributed by atoms with Gasteiger partial charge in [0.1, 0.15) is 78.5 Å². The minimum atomic E-state index is -2.07. The average Bonchev–Trinajstić information content (AvgIpc) is 3.56. The molecule has 14 heteroatoms. The van der Waals surface area contributed by atoms with E-state index in [4.69, 9.17) is 35.3 Å². The van der Waals surface area contributed by atoms with Gasteiger partial charge >= 0.3 is 29.6 Å². The van der Waals surface area contributed by atoms with E-state index in [1.165, 1.54) is 43.0 Å². The summed E-state index contributed by atoms with van der Waals surface area (Å²) >= 11 is 7.92. The normalized spacial score (nSPS) is 10.2. The molecule has 0 radical (unpaired) electrons. The predicted octanol–water partition coefficient (Wildman–Crippen LogP) is 9.02. The van der Waals surface area contributed by atoms with Crippen LogP contribution in [0.3, 0.4) is 0 Å². The van der Waals surface area contributed by atoms with Gasteiger partial charge in [-0.3, -0.25) is 0 Å². The van der Waals surface area contributed by atoms with E-state index in [9.17, 15) is 8.78 Å². The van der Waals surface area contributed by atoms with Gasteiger partial charge in [0, 0.05) is 16.4 Å². The Balaban J connectivity index is 0.000000302. The molecule has 0 N–H and O–H groups in total. The summed E-state index contributed by atoms with van der Waals surface area (Å²) < 4.78 is 52.6. The van der Waals surface area contributed by atoms with Gasteiger partial charge in [0.15, 0.2) is 0 Å². The summed E-state index contributed by atoms with van der Waals surface area (Å²) in [6, 6.07) is 82.7. The molecule has 0 bridgehead atoms. The molecule has 0 spiro atoms. The van der Waals surface area contributed by atoms with Crippen molar-refractivity contribution < 1.29 is 86.0 Å². The molecule has 0 saturated heterocycles. The summed E-state index contributed by atoms with van der Waals surface area (Å²) in [4.78, 5) is 0. The zero-order valence-electron chi connectivity index (χ0n) is 44.3. The summed E-state index contributed by atoms with van der Waals surface area (Å²) in [5, 5.41) is 7.58. The number of rotatable bonds is 19. The predicted molar refractivity (Wildman–Crippen MR) is 339 cm³/mol. The second kappa shape index (κ2) is 38.8. The summed E-state index contributed by atoms with van der Waals surface area (Å²) in [7, 11) is 2.29. The molecular weight excluding hydrogens is 1390 g/mol. The van der Waals surface area contributed by atoms with E-state index >= 15 is 0 Å². The largest absolute Gasteiger partial charge is 1.00 e. The van der Waals surface area contributed by atoms with Crippen LogP contribution in [0.15, 0.2) is 243 Å². The van der Waals surface area contributed by atoms with Crippen LogP contribution in [0.25, 0.3) is 0 Å². The van der Waals surface area contributed by atoms with Crippen LogP contribution >= 0.6 is 73.4 Å². The van der Waals surface area contributed by atoms with Gasteiger partial charge in [-0.15, -0.1) is 35.6 Å². The fourth-order valence-corrected chi connectivity index (χ4v) is 15.2. The van der Waals surface area contributed by atoms with E-state index in [1.807, 2.05) is 91.0 Å². The van der Waals surface area contributed by atoms with Crippen molar-refractivity contribution in [1.82, 2.24) is 0 Å². The number of ether oxygens (including phenoxy) is 5. The molecule has 78 heavy (non-hydrogen) atoms. The Bertz CT molecular complexity index is 2810. The van der Waals surface area contributed by atoms with Crippen molar-refractivity contribution in [3.05, 3.63) is 259 Å². The van der Waals surface area contributed by atoms with Gasteiger partial charge in [-0.1, -0.05) is 174 Å². The van der Waals surface area contributed by atoms with E-state index in [2.05, 4.69) is 174 Å². The maximum Gasteiger partial charge on any atom is 1.00 e. The van der Waals surface area contributed by atoms with E-state index in [0.29, 0.717) is 11.6 Å². The SMILES string of the molecule is COc1ccc(CCl)cc1.COc1ccc(CI)cc1.COc1ccc(C[P+](c2ccccc2)(c2ccccc2)c2cccc(OCCF)c2)cc1.FCCOc1cccc(P(c2ccccc2)c2ccccc2)c1.I.[I-].[Na+]. The monoisotopic (exact) mass is 1450 g/mol. The van der Waals surface area contributed by atoms with Gasteiger partial charge in [0.2, 0.25) is 0 Å². The van der Waals surface area contributed by atoms with Crippen LogP contribution in [-0.2, 0) is 16.5 Å². The molecule has 402 valence electrons. The number of hydrogen-bond donors (Lipinski definition) is 0. The maximum atomic E-state index is 12.8. The van der Waals surface area contributed by atoms with E-state index in [-0.39, 0.29) is 90.7 Å². The van der Waals surface area contributed by atoms with Crippen molar-refractivity contribution in [2.24, 2.45) is 0 Å². The third-order valence-corrected chi connectivity index (χ3v) is 19.6. The molecule has 0 aliphatic heterocycles. The fourth-order valence-electron chi connectivity index (χ4n) is 7.96. The molecule has 0 heterocycles. The molecular formula is C64H64ClF2I3NaO5P2+. The molecule has 0 unspecified atom stereocenters. The molecule has 5 nitrogen and oxygen atoms in total. The van der Waals surface area contributed by atoms with Gasteiger partial charge in [0.25, 0.3) is 0 Å². The Labute approximate surface area is 537 Å². The van der Waals surface area contributed by atoms with Gasteiger partial charge in [-0.25, -0.2) is 8.78 Å². The van der Waals surface area contributed by atoms with Crippen LogP contribution in [0.1, 0.15) is 16.7 Å². The van der Waals surface area contributed by atoms with Crippen LogP contribution in [0.4, 0.5) is 8.78 Å². The van der Waals surface area contributed by atoms with Crippen molar-refractivity contribution in [1.29, 1.82) is 0 Å². The minimum absolute atomic E-state index is 0. The van der Waals surface area contributed by atoms with Crippen LogP contribution in [0, 0.1) is 0 Å². The van der Waals surface area contributed by atoms with E-state index in [1.54, 1.807) is 21.3 Å². The molecule has 0 aromatic heterocycles. The quantitative estimate of drug-likeness (QED) is 0.0351. The van der Waals surface area contributed by atoms with Crippen molar-refractivity contribution in [2.75, 3.05) is 47.9 Å². The number of hydrogen-bond acceptors (Lipinski definition) is 5. The molecule has 9 aromatic rings. The second-order valence-corrected chi connectivity index (χ2v) is 23.3. The first-order valence-corrected chi connectivity index (χ1v) is 29.7. The smallest absolute Gasteiger partial charge is 1.00 e. The summed E-state index contributed by atoms with van der Waals surface area (Å²) in [6.45, 7) is -0.827. The molecule has 0 saturated carbocycles. The summed E-state index contributed by atoms with van der Waals surface area (Å²) in [5.74, 6) is 4.62. The maximum absolute atomic E-state index is 12.8. The Kier molecular flexibility index (Phi) is 34.0. The van der Waals surface area contributed by atoms with Crippen LogP contribution in [0.5, 0.6) is 28.7 Å². The van der Waals surface area contributed by atoms with Gasteiger partial charge in [0.05, 0.1) is 27.5 Å². The molecule has 0 aliphatic carbocycles. The zero-order valence-corrected chi connectivity index (χ0v) is 55.5. The first-order chi connectivity index (χ1) is 36.9. The molecule has 0 fully saturated rings. The van der Waals surface area contributed by atoms with E-state index in [0.717, 1.165) is 39.2 Å².